The molecule has 0 heterocycles. The Bertz CT molecular complexity index is 957. The Morgan fingerprint density at radius 3 is 2.42 bits per heavy atom. The highest BCUT2D eigenvalue weighted by Crippen LogP contribution is 2.15. The van der Waals surface area contributed by atoms with Gasteiger partial charge in [-0.15, -0.1) is 0 Å². The van der Waals surface area contributed by atoms with Gasteiger partial charge in [0, 0.05) is 43.7 Å². The maximum absolute atomic E-state index is 13.5. The quantitative estimate of drug-likeness (QED) is 0.573. The minimum atomic E-state index is -0.454. The number of aryl methyl sites for hydroxylation is 1. The predicted molar refractivity (Wildman–Crippen MR) is 115 cm³/mol. The smallest absolute Gasteiger partial charge is 0.251 e. The van der Waals surface area contributed by atoms with E-state index in [0.29, 0.717) is 11.3 Å². The van der Waals surface area contributed by atoms with Gasteiger partial charge in [-0.05, 0) is 36.8 Å². The second kappa shape index (κ2) is 12.1. The highest BCUT2D eigenvalue weighted by Gasteiger charge is 2.16. The van der Waals surface area contributed by atoms with Crippen LogP contribution in [0.4, 0.5) is 10.1 Å². The third-order valence-electron chi connectivity index (χ3n) is 4.55. The number of para-hydroxylation sites is 1. The van der Waals surface area contributed by atoms with E-state index in [1.165, 1.54) is 23.1 Å². The SMILES string of the molecule is Cc1ccc(C(=O)NCCNC(=O)CCC(=O)N(CCC#N)c2ccccc2)cc1F. The molecule has 0 unspecified atom stereocenters. The van der Waals surface area contributed by atoms with Gasteiger partial charge in [-0.2, -0.15) is 5.26 Å². The van der Waals surface area contributed by atoms with Crippen LogP contribution in [-0.4, -0.2) is 37.4 Å². The molecule has 0 aliphatic rings. The minimum Gasteiger partial charge on any atom is -0.354 e. The molecule has 2 aromatic carbocycles. The minimum absolute atomic E-state index is 0.00115. The summed E-state index contributed by atoms with van der Waals surface area (Å²) in [7, 11) is 0. The zero-order valence-corrected chi connectivity index (χ0v) is 17.4. The van der Waals surface area contributed by atoms with Gasteiger partial charge < -0.3 is 15.5 Å². The molecule has 0 atom stereocenters. The van der Waals surface area contributed by atoms with Crippen LogP contribution in [-0.2, 0) is 9.59 Å². The van der Waals surface area contributed by atoms with Crippen LogP contribution in [0.5, 0.6) is 0 Å². The lowest BCUT2D eigenvalue weighted by Crippen LogP contribution is -2.36. The summed E-state index contributed by atoms with van der Waals surface area (Å²) in [5.74, 6) is -1.45. The molecule has 2 N–H and O–H groups in total. The Kier molecular flexibility index (Phi) is 9.17. The predicted octanol–water partition coefficient (Wildman–Crippen LogP) is 2.71. The number of halogens is 1. The van der Waals surface area contributed by atoms with E-state index in [4.69, 9.17) is 5.26 Å². The normalized spacial score (nSPS) is 10.1. The van der Waals surface area contributed by atoms with Crippen molar-refractivity contribution in [3.05, 3.63) is 65.5 Å². The molecule has 3 amide bonds. The Morgan fingerprint density at radius 1 is 1.03 bits per heavy atom. The first kappa shape index (κ1) is 23.5. The standard InChI is InChI=1S/C23H25FN4O3/c1-17-8-9-18(16-20(17)24)23(31)27-14-13-26-21(29)10-11-22(30)28(15-5-12-25)19-6-3-2-4-7-19/h2-4,6-9,16H,5,10-11,13-15H2,1H3,(H,26,29)(H,27,31). The molecule has 0 saturated heterocycles. The molecule has 2 aromatic rings. The largest absolute Gasteiger partial charge is 0.354 e. The third-order valence-corrected chi connectivity index (χ3v) is 4.55. The summed E-state index contributed by atoms with van der Waals surface area (Å²) in [5.41, 5.74) is 1.34. The summed E-state index contributed by atoms with van der Waals surface area (Å²) in [6.07, 6.45) is 0.185. The van der Waals surface area contributed by atoms with E-state index in [1.807, 2.05) is 12.1 Å². The maximum atomic E-state index is 13.5. The maximum Gasteiger partial charge on any atom is 0.251 e. The van der Waals surface area contributed by atoms with E-state index in [-0.39, 0.29) is 56.3 Å². The molecule has 2 rings (SSSR count). The first-order valence-electron chi connectivity index (χ1n) is 9.95. The lowest BCUT2D eigenvalue weighted by molar-refractivity contribution is -0.125. The van der Waals surface area contributed by atoms with Crippen molar-refractivity contribution in [2.75, 3.05) is 24.5 Å². The molecule has 0 bridgehead atoms. The monoisotopic (exact) mass is 424 g/mol. The van der Waals surface area contributed by atoms with E-state index >= 15 is 0 Å². The van der Waals surface area contributed by atoms with Crippen LogP contribution >= 0.6 is 0 Å². The number of carbonyl (C=O) groups is 3. The molecule has 0 aliphatic carbocycles. The van der Waals surface area contributed by atoms with Crippen molar-refractivity contribution in [2.24, 2.45) is 0 Å². The van der Waals surface area contributed by atoms with E-state index in [2.05, 4.69) is 10.6 Å². The topological polar surface area (TPSA) is 102 Å². The summed E-state index contributed by atoms with van der Waals surface area (Å²) >= 11 is 0. The van der Waals surface area contributed by atoms with Crippen LogP contribution < -0.4 is 15.5 Å². The second-order valence-corrected chi connectivity index (χ2v) is 6.86. The number of benzene rings is 2. The summed E-state index contributed by atoms with van der Waals surface area (Å²) < 4.78 is 13.5. The Labute approximate surface area is 180 Å². The molecule has 8 heteroatoms. The highest BCUT2D eigenvalue weighted by atomic mass is 19.1. The van der Waals surface area contributed by atoms with Crippen molar-refractivity contribution in [1.82, 2.24) is 10.6 Å². The molecule has 0 radical (unpaired) electrons. The van der Waals surface area contributed by atoms with Gasteiger partial charge in [0.15, 0.2) is 0 Å². The van der Waals surface area contributed by atoms with Crippen LogP contribution in [0.15, 0.2) is 48.5 Å². The summed E-state index contributed by atoms with van der Waals surface area (Å²) in [6.45, 7) is 2.22. The zero-order chi connectivity index (χ0) is 22.6. The molecule has 0 aromatic heterocycles. The molecule has 0 aliphatic heterocycles. The average molecular weight is 424 g/mol. The molecule has 0 spiro atoms. The van der Waals surface area contributed by atoms with Crippen molar-refractivity contribution in [3.63, 3.8) is 0 Å². The van der Waals surface area contributed by atoms with Gasteiger partial charge in [0.2, 0.25) is 11.8 Å². The summed E-state index contributed by atoms with van der Waals surface area (Å²) in [5, 5.41) is 14.1. The fourth-order valence-corrected chi connectivity index (χ4v) is 2.83. The molecule has 7 nitrogen and oxygen atoms in total. The molecule has 0 fully saturated rings. The van der Waals surface area contributed by atoms with Crippen LogP contribution in [0.2, 0.25) is 0 Å². The number of anilines is 1. The molecular weight excluding hydrogens is 399 g/mol. The van der Waals surface area contributed by atoms with Crippen LogP contribution in [0.1, 0.15) is 35.2 Å². The molecule has 0 saturated carbocycles. The van der Waals surface area contributed by atoms with Gasteiger partial charge in [0.05, 0.1) is 12.5 Å². The van der Waals surface area contributed by atoms with E-state index < -0.39 is 11.7 Å². The number of rotatable bonds is 10. The van der Waals surface area contributed by atoms with Crippen molar-refractivity contribution < 1.29 is 18.8 Å². The molecule has 162 valence electrons. The van der Waals surface area contributed by atoms with Crippen LogP contribution in [0.25, 0.3) is 0 Å². The van der Waals surface area contributed by atoms with Crippen molar-refractivity contribution in [1.29, 1.82) is 5.26 Å². The first-order valence-corrected chi connectivity index (χ1v) is 9.95. The second-order valence-electron chi connectivity index (χ2n) is 6.86. The van der Waals surface area contributed by atoms with E-state index in [0.717, 1.165) is 0 Å². The van der Waals surface area contributed by atoms with Gasteiger partial charge in [0.25, 0.3) is 5.91 Å². The van der Waals surface area contributed by atoms with Gasteiger partial charge >= 0.3 is 0 Å². The molecular formula is C23H25FN4O3. The van der Waals surface area contributed by atoms with E-state index in [1.54, 1.807) is 31.2 Å². The lowest BCUT2D eigenvalue weighted by atomic mass is 10.1. The van der Waals surface area contributed by atoms with Crippen molar-refractivity contribution in [2.45, 2.75) is 26.2 Å². The fourth-order valence-electron chi connectivity index (χ4n) is 2.83. The number of nitrogens with zero attached hydrogens (tertiary/aromatic N) is 2. The Hall–Kier alpha value is -3.73. The number of nitrogens with one attached hydrogen (secondary N) is 2. The summed E-state index contributed by atoms with van der Waals surface area (Å²) in [4.78, 5) is 38.0. The zero-order valence-electron chi connectivity index (χ0n) is 17.4. The van der Waals surface area contributed by atoms with Gasteiger partial charge in [-0.1, -0.05) is 24.3 Å². The highest BCUT2D eigenvalue weighted by molar-refractivity contribution is 5.95. The van der Waals surface area contributed by atoms with Crippen molar-refractivity contribution >= 4 is 23.4 Å². The Morgan fingerprint density at radius 2 is 1.74 bits per heavy atom. The van der Waals surface area contributed by atoms with Crippen LogP contribution in [0, 0.1) is 24.1 Å². The number of amides is 3. The summed E-state index contributed by atoms with van der Waals surface area (Å²) in [6, 6.07) is 15.2. The van der Waals surface area contributed by atoms with Crippen molar-refractivity contribution in [3.8, 4) is 6.07 Å². The number of hydrogen-bond acceptors (Lipinski definition) is 4. The van der Waals surface area contributed by atoms with Crippen LogP contribution in [0.3, 0.4) is 0 Å². The first-order chi connectivity index (χ1) is 14.9. The average Bonchev–Trinajstić information content (AvgIpc) is 2.78. The third kappa shape index (κ3) is 7.55. The van der Waals surface area contributed by atoms with Gasteiger partial charge in [-0.3, -0.25) is 14.4 Å². The van der Waals surface area contributed by atoms with Gasteiger partial charge in [0.1, 0.15) is 5.82 Å². The van der Waals surface area contributed by atoms with Gasteiger partial charge in [-0.25, -0.2) is 4.39 Å². The lowest BCUT2D eigenvalue weighted by Gasteiger charge is -2.21. The number of nitriles is 1. The number of carbonyl (C=O) groups excluding carboxylic acids is 3. The Balaban J connectivity index is 1.74. The number of hydrogen-bond donors (Lipinski definition) is 2. The van der Waals surface area contributed by atoms with E-state index in [9.17, 15) is 18.8 Å². The fraction of sp³-hybridized carbons (Fsp3) is 0.304. The molecule has 31 heavy (non-hydrogen) atoms.